The lowest BCUT2D eigenvalue weighted by Crippen LogP contribution is -2.34. The molecule has 2 heteroatoms. The predicted molar refractivity (Wildman–Crippen MR) is 50.3 cm³/mol. The van der Waals surface area contributed by atoms with E-state index in [0.717, 1.165) is 6.54 Å². The zero-order valence-corrected chi connectivity index (χ0v) is 8.05. The molecule has 0 unspecified atom stereocenters. The van der Waals surface area contributed by atoms with Crippen LogP contribution >= 0.6 is 0 Å². The zero-order chi connectivity index (χ0) is 8.89. The molecule has 1 saturated heterocycles. The Morgan fingerprint density at radius 2 is 2.54 bits per heavy atom. The molecule has 13 heavy (non-hydrogen) atoms. The van der Waals surface area contributed by atoms with Crippen LogP contribution in [0.25, 0.3) is 0 Å². The van der Waals surface area contributed by atoms with Gasteiger partial charge in [0, 0.05) is 11.1 Å². The molecule has 2 nitrogen and oxygen atoms in total. The molecule has 0 N–H and O–H groups in total. The van der Waals surface area contributed by atoms with Crippen molar-refractivity contribution in [2.24, 2.45) is 0 Å². The standard InChI is InChI=1S/C11H15NO/c1-2-11-5-3-6-12(11)8-10-9(11)4-7-13-10/h4,7H,2-3,5-6,8H2,1H3/t11-/m0/s1. The average Bonchev–Trinajstić information content (AvgIpc) is 2.73. The van der Waals surface area contributed by atoms with E-state index in [9.17, 15) is 0 Å². The summed E-state index contributed by atoms with van der Waals surface area (Å²) in [4.78, 5) is 2.58. The molecule has 0 saturated carbocycles. The molecule has 0 amide bonds. The Morgan fingerprint density at radius 3 is 3.38 bits per heavy atom. The summed E-state index contributed by atoms with van der Waals surface area (Å²) in [5.41, 5.74) is 1.81. The summed E-state index contributed by atoms with van der Waals surface area (Å²) in [6.07, 6.45) is 5.73. The van der Waals surface area contributed by atoms with E-state index in [1.807, 2.05) is 6.26 Å². The van der Waals surface area contributed by atoms with Crippen LogP contribution in [0.5, 0.6) is 0 Å². The van der Waals surface area contributed by atoms with Gasteiger partial charge in [-0.1, -0.05) is 6.92 Å². The van der Waals surface area contributed by atoms with E-state index in [1.165, 1.54) is 37.1 Å². The molecular weight excluding hydrogens is 162 g/mol. The molecule has 3 heterocycles. The van der Waals surface area contributed by atoms with E-state index in [-0.39, 0.29) is 0 Å². The van der Waals surface area contributed by atoms with E-state index in [0.29, 0.717) is 5.54 Å². The van der Waals surface area contributed by atoms with Gasteiger partial charge in [0.1, 0.15) is 5.76 Å². The van der Waals surface area contributed by atoms with Crippen molar-refractivity contribution >= 4 is 0 Å². The first-order chi connectivity index (χ1) is 6.37. The smallest absolute Gasteiger partial charge is 0.122 e. The molecule has 1 atom stereocenters. The minimum atomic E-state index is 0.350. The van der Waals surface area contributed by atoms with E-state index in [4.69, 9.17) is 4.42 Å². The lowest BCUT2D eigenvalue weighted by Gasteiger charge is -2.30. The van der Waals surface area contributed by atoms with Crippen LogP contribution in [0.3, 0.4) is 0 Å². The Balaban J connectivity index is 2.14. The van der Waals surface area contributed by atoms with Gasteiger partial charge in [-0.05, 0) is 31.9 Å². The molecule has 0 aliphatic carbocycles. The van der Waals surface area contributed by atoms with Crippen LogP contribution in [0.15, 0.2) is 16.7 Å². The SMILES string of the molecule is CC[C@@]12CCCN1Cc1occc12. The molecule has 2 aliphatic heterocycles. The van der Waals surface area contributed by atoms with Gasteiger partial charge in [0.2, 0.25) is 0 Å². The normalized spacial score (nSPS) is 32.1. The molecule has 2 aliphatic rings. The van der Waals surface area contributed by atoms with Crippen molar-refractivity contribution in [3.8, 4) is 0 Å². The first-order valence-electron chi connectivity index (χ1n) is 5.19. The molecular formula is C11H15NO. The van der Waals surface area contributed by atoms with Crippen molar-refractivity contribution in [2.75, 3.05) is 6.54 Å². The van der Waals surface area contributed by atoms with Crippen molar-refractivity contribution in [2.45, 2.75) is 38.3 Å². The third-order valence-electron chi connectivity index (χ3n) is 3.79. The summed E-state index contributed by atoms with van der Waals surface area (Å²) in [6, 6.07) is 2.17. The number of hydrogen-bond donors (Lipinski definition) is 0. The van der Waals surface area contributed by atoms with Crippen molar-refractivity contribution in [3.05, 3.63) is 23.7 Å². The van der Waals surface area contributed by atoms with Gasteiger partial charge in [-0.2, -0.15) is 0 Å². The van der Waals surface area contributed by atoms with E-state index >= 15 is 0 Å². The Labute approximate surface area is 78.5 Å². The van der Waals surface area contributed by atoms with Crippen LogP contribution in [0.1, 0.15) is 37.5 Å². The number of nitrogens with zero attached hydrogens (tertiary/aromatic N) is 1. The second kappa shape index (κ2) is 2.38. The lowest BCUT2D eigenvalue weighted by molar-refractivity contribution is 0.147. The fraction of sp³-hybridized carbons (Fsp3) is 0.636. The third kappa shape index (κ3) is 0.773. The Bertz CT molecular complexity index is 331. The molecule has 3 rings (SSSR count). The van der Waals surface area contributed by atoms with Gasteiger partial charge in [-0.3, -0.25) is 4.90 Å². The van der Waals surface area contributed by atoms with Gasteiger partial charge in [0.15, 0.2) is 0 Å². The highest BCUT2D eigenvalue weighted by atomic mass is 16.3. The molecule has 1 fully saturated rings. The van der Waals surface area contributed by atoms with Gasteiger partial charge in [0.25, 0.3) is 0 Å². The molecule has 0 bridgehead atoms. The van der Waals surface area contributed by atoms with Gasteiger partial charge in [-0.15, -0.1) is 0 Å². The third-order valence-corrected chi connectivity index (χ3v) is 3.79. The number of fused-ring (bicyclic) bond motifs is 3. The van der Waals surface area contributed by atoms with E-state index in [2.05, 4.69) is 17.9 Å². The first kappa shape index (κ1) is 7.63. The van der Waals surface area contributed by atoms with Crippen LogP contribution in [0.4, 0.5) is 0 Å². The molecule has 0 aromatic carbocycles. The number of hydrogen-bond acceptors (Lipinski definition) is 2. The molecule has 1 aromatic heterocycles. The Kier molecular flexibility index (Phi) is 1.40. The van der Waals surface area contributed by atoms with E-state index in [1.54, 1.807) is 0 Å². The maximum Gasteiger partial charge on any atom is 0.122 e. The minimum Gasteiger partial charge on any atom is -0.468 e. The lowest BCUT2D eigenvalue weighted by atomic mass is 9.88. The van der Waals surface area contributed by atoms with E-state index < -0.39 is 0 Å². The van der Waals surface area contributed by atoms with Crippen LogP contribution in [0, 0.1) is 0 Å². The molecule has 0 radical (unpaired) electrons. The molecule has 70 valence electrons. The quantitative estimate of drug-likeness (QED) is 0.655. The highest BCUT2D eigenvalue weighted by Gasteiger charge is 2.48. The largest absolute Gasteiger partial charge is 0.468 e. The summed E-state index contributed by atoms with van der Waals surface area (Å²) in [6.45, 7) is 4.58. The number of furan rings is 1. The maximum absolute atomic E-state index is 5.50. The summed E-state index contributed by atoms with van der Waals surface area (Å²) in [5, 5.41) is 0. The highest BCUT2D eigenvalue weighted by Crippen LogP contribution is 2.48. The van der Waals surface area contributed by atoms with Crippen molar-refractivity contribution < 1.29 is 4.42 Å². The first-order valence-corrected chi connectivity index (χ1v) is 5.19. The topological polar surface area (TPSA) is 16.4 Å². The summed E-state index contributed by atoms with van der Waals surface area (Å²) < 4.78 is 5.50. The van der Waals surface area contributed by atoms with Gasteiger partial charge < -0.3 is 4.42 Å². The summed E-state index contributed by atoms with van der Waals surface area (Å²) in [5.74, 6) is 1.21. The van der Waals surface area contributed by atoms with Crippen molar-refractivity contribution in [3.63, 3.8) is 0 Å². The monoisotopic (exact) mass is 177 g/mol. The molecule has 0 spiro atoms. The fourth-order valence-electron chi connectivity index (χ4n) is 3.11. The second-order valence-electron chi connectivity index (χ2n) is 4.17. The predicted octanol–water partition coefficient (Wildman–Crippen LogP) is 2.49. The van der Waals surface area contributed by atoms with Crippen molar-refractivity contribution in [1.82, 2.24) is 4.90 Å². The van der Waals surface area contributed by atoms with Crippen molar-refractivity contribution in [1.29, 1.82) is 0 Å². The minimum absolute atomic E-state index is 0.350. The fourth-order valence-corrected chi connectivity index (χ4v) is 3.11. The highest BCUT2D eigenvalue weighted by molar-refractivity contribution is 5.33. The maximum atomic E-state index is 5.50. The average molecular weight is 177 g/mol. The zero-order valence-electron chi connectivity index (χ0n) is 8.05. The second-order valence-corrected chi connectivity index (χ2v) is 4.17. The van der Waals surface area contributed by atoms with Gasteiger partial charge in [0.05, 0.1) is 12.8 Å². The van der Waals surface area contributed by atoms with Crippen LogP contribution in [0.2, 0.25) is 0 Å². The summed E-state index contributed by atoms with van der Waals surface area (Å²) >= 11 is 0. The Hall–Kier alpha value is -0.760. The summed E-state index contributed by atoms with van der Waals surface area (Å²) in [7, 11) is 0. The van der Waals surface area contributed by atoms with Crippen LogP contribution in [-0.4, -0.2) is 11.4 Å². The number of rotatable bonds is 1. The van der Waals surface area contributed by atoms with Crippen LogP contribution in [-0.2, 0) is 12.1 Å². The Morgan fingerprint density at radius 1 is 1.62 bits per heavy atom. The van der Waals surface area contributed by atoms with Gasteiger partial charge in [-0.25, -0.2) is 0 Å². The molecule has 1 aromatic rings. The van der Waals surface area contributed by atoms with Gasteiger partial charge >= 0.3 is 0 Å². The van der Waals surface area contributed by atoms with Crippen LogP contribution < -0.4 is 0 Å².